The monoisotopic (exact) mass is 323 g/mol. The second-order valence-corrected chi connectivity index (χ2v) is 4.23. The second-order valence-electron chi connectivity index (χ2n) is 3.07. The highest BCUT2D eigenvalue weighted by molar-refractivity contribution is 14.1. The Kier molecular flexibility index (Phi) is 3.90. The third kappa shape index (κ3) is 2.58. The summed E-state index contributed by atoms with van der Waals surface area (Å²) in [5.74, 6) is -0.511. The summed E-state index contributed by atoms with van der Waals surface area (Å²) in [6, 6.07) is 3.01. The highest BCUT2D eigenvalue weighted by Gasteiger charge is 2.15. The Morgan fingerprint density at radius 3 is 2.67 bits per heavy atom. The van der Waals surface area contributed by atoms with E-state index in [1.807, 2.05) is 22.6 Å². The Morgan fingerprint density at radius 2 is 2.20 bits per heavy atom. The SMILES string of the molecule is COC(=O)c1cc(I)c(C(C)F)cc1N. The Hall–Kier alpha value is -0.850. The summed E-state index contributed by atoms with van der Waals surface area (Å²) < 4.78 is 18.3. The van der Waals surface area contributed by atoms with E-state index in [4.69, 9.17) is 5.73 Å². The van der Waals surface area contributed by atoms with Crippen LogP contribution in [0.5, 0.6) is 0 Å². The van der Waals surface area contributed by atoms with E-state index in [1.165, 1.54) is 26.2 Å². The normalized spacial score (nSPS) is 12.3. The van der Waals surface area contributed by atoms with Crippen molar-refractivity contribution in [3.8, 4) is 0 Å². The number of benzene rings is 1. The van der Waals surface area contributed by atoms with Gasteiger partial charge in [-0.05, 0) is 41.6 Å². The van der Waals surface area contributed by atoms with Gasteiger partial charge in [0, 0.05) is 14.8 Å². The molecule has 0 saturated heterocycles. The van der Waals surface area contributed by atoms with Gasteiger partial charge in [-0.1, -0.05) is 0 Å². The molecule has 5 heteroatoms. The topological polar surface area (TPSA) is 52.3 Å². The minimum atomic E-state index is -1.11. The van der Waals surface area contributed by atoms with Gasteiger partial charge < -0.3 is 10.5 Å². The number of nitrogen functional groups attached to an aromatic ring is 1. The predicted molar refractivity (Wildman–Crippen MR) is 64.4 cm³/mol. The first-order chi connectivity index (χ1) is 6.97. The van der Waals surface area contributed by atoms with Crippen molar-refractivity contribution in [2.75, 3.05) is 12.8 Å². The van der Waals surface area contributed by atoms with E-state index in [9.17, 15) is 9.18 Å². The summed E-state index contributed by atoms with van der Waals surface area (Å²) in [5.41, 5.74) is 6.63. The summed E-state index contributed by atoms with van der Waals surface area (Å²) in [6.07, 6.45) is -1.11. The first kappa shape index (κ1) is 12.2. The van der Waals surface area contributed by atoms with E-state index in [1.54, 1.807) is 0 Å². The highest BCUT2D eigenvalue weighted by Crippen LogP contribution is 2.27. The predicted octanol–water partition coefficient (Wildman–Crippen LogP) is 2.69. The lowest BCUT2D eigenvalue weighted by atomic mass is 10.1. The molecule has 0 saturated carbocycles. The molecule has 82 valence electrons. The van der Waals surface area contributed by atoms with Crippen LogP contribution < -0.4 is 5.73 Å². The van der Waals surface area contributed by atoms with Gasteiger partial charge >= 0.3 is 5.97 Å². The number of hydrogen-bond donors (Lipinski definition) is 1. The van der Waals surface area contributed by atoms with Crippen LogP contribution in [0.2, 0.25) is 0 Å². The molecule has 0 fully saturated rings. The minimum absolute atomic E-state index is 0.238. The van der Waals surface area contributed by atoms with E-state index in [0.717, 1.165) is 0 Å². The number of carbonyl (C=O) groups is 1. The van der Waals surface area contributed by atoms with E-state index < -0.39 is 12.1 Å². The maximum Gasteiger partial charge on any atom is 0.339 e. The molecule has 1 unspecified atom stereocenters. The zero-order valence-electron chi connectivity index (χ0n) is 8.38. The number of halogens is 2. The summed E-state index contributed by atoms with van der Waals surface area (Å²) in [4.78, 5) is 11.3. The van der Waals surface area contributed by atoms with Crippen LogP contribution in [-0.4, -0.2) is 13.1 Å². The molecule has 1 aromatic rings. The lowest BCUT2D eigenvalue weighted by molar-refractivity contribution is 0.0602. The Balaban J connectivity index is 3.25. The molecule has 0 spiro atoms. The standard InChI is InChI=1S/C10H11FINO2/c1-5(11)6-4-9(13)7(3-8(6)12)10(14)15-2/h3-5H,13H2,1-2H3. The highest BCUT2D eigenvalue weighted by atomic mass is 127. The Labute approximate surface area is 101 Å². The second kappa shape index (κ2) is 4.78. The molecule has 1 atom stereocenters. The number of rotatable bonds is 2. The Morgan fingerprint density at radius 1 is 1.60 bits per heavy atom. The van der Waals surface area contributed by atoms with Crippen molar-refractivity contribution in [1.82, 2.24) is 0 Å². The third-order valence-electron chi connectivity index (χ3n) is 2.00. The van der Waals surface area contributed by atoms with Crippen LogP contribution in [0.15, 0.2) is 12.1 Å². The number of esters is 1. The lowest BCUT2D eigenvalue weighted by Gasteiger charge is -2.10. The van der Waals surface area contributed by atoms with Crippen molar-refractivity contribution in [3.63, 3.8) is 0 Å². The molecule has 1 aromatic carbocycles. The molecule has 3 nitrogen and oxygen atoms in total. The van der Waals surface area contributed by atoms with Gasteiger partial charge in [0.1, 0.15) is 6.17 Å². The van der Waals surface area contributed by atoms with Crippen LogP contribution in [-0.2, 0) is 4.74 Å². The third-order valence-corrected chi connectivity index (χ3v) is 2.94. The van der Waals surface area contributed by atoms with Gasteiger partial charge in [-0.2, -0.15) is 0 Å². The average Bonchev–Trinajstić information content (AvgIpc) is 2.19. The fourth-order valence-electron chi connectivity index (χ4n) is 1.20. The Bertz CT molecular complexity index is 393. The maximum atomic E-state index is 13.1. The molecular weight excluding hydrogens is 312 g/mol. The van der Waals surface area contributed by atoms with E-state index >= 15 is 0 Å². The quantitative estimate of drug-likeness (QED) is 0.517. The summed E-state index contributed by atoms with van der Waals surface area (Å²) in [7, 11) is 1.28. The molecule has 0 aliphatic carbocycles. The van der Waals surface area contributed by atoms with Crippen molar-refractivity contribution in [2.45, 2.75) is 13.1 Å². The van der Waals surface area contributed by atoms with Crippen LogP contribution in [0.25, 0.3) is 0 Å². The number of anilines is 1. The molecule has 0 aromatic heterocycles. The van der Waals surface area contributed by atoms with Gasteiger partial charge in [0.25, 0.3) is 0 Å². The molecule has 0 amide bonds. The molecule has 0 heterocycles. The van der Waals surface area contributed by atoms with Crippen LogP contribution in [0, 0.1) is 3.57 Å². The van der Waals surface area contributed by atoms with Crippen molar-refractivity contribution < 1.29 is 13.9 Å². The average molecular weight is 323 g/mol. The van der Waals surface area contributed by atoms with Crippen LogP contribution >= 0.6 is 22.6 Å². The fraction of sp³-hybridized carbons (Fsp3) is 0.300. The first-order valence-corrected chi connectivity index (χ1v) is 5.36. The van der Waals surface area contributed by atoms with E-state index in [2.05, 4.69) is 4.74 Å². The number of ether oxygens (including phenoxy) is 1. The largest absolute Gasteiger partial charge is 0.465 e. The van der Waals surface area contributed by atoms with Gasteiger partial charge in [0.2, 0.25) is 0 Å². The number of nitrogens with two attached hydrogens (primary N) is 1. The smallest absolute Gasteiger partial charge is 0.339 e. The van der Waals surface area contributed by atoms with E-state index in [0.29, 0.717) is 9.13 Å². The zero-order valence-corrected chi connectivity index (χ0v) is 10.5. The zero-order chi connectivity index (χ0) is 11.6. The molecule has 2 N–H and O–H groups in total. The molecular formula is C10H11FINO2. The van der Waals surface area contributed by atoms with Crippen molar-refractivity contribution in [3.05, 3.63) is 26.8 Å². The lowest BCUT2D eigenvalue weighted by Crippen LogP contribution is -2.07. The molecule has 15 heavy (non-hydrogen) atoms. The van der Waals surface area contributed by atoms with Gasteiger partial charge in [-0.25, -0.2) is 9.18 Å². The summed E-state index contributed by atoms with van der Waals surface area (Å²) in [5, 5.41) is 0. The molecule has 0 bridgehead atoms. The van der Waals surface area contributed by atoms with Gasteiger partial charge in [-0.3, -0.25) is 0 Å². The van der Waals surface area contributed by atoms with Crippen LogP contribution in [0.4, 0.5) is 10.1 Å². The number of hydrogen-bond acceptors (Lipinski definition) is 3. The van der Waals surface area contributed by atoms with Crippen molar-refractivity contribution in [1.29, 1.82) is 0 Å². The number of alkyl halides is 1. The fourth-order valence-corrected chi connectivity index (χ4v) is 2.10. The van der Waals surface area contributed by atoms with Crippen LogP contribution in [0.3, 0.4) is 0 Å². The number of carbonyl (C=O) groups excluding carboxylic acids is 1. The van der Waals surface area contributed by atoms with Gasteiger partial charge in [0.15, 0.2) is 0 Å². The van der Waals surface area contributed by atoms with Crippen molar-refractivity contribution in [2.24, 2.45) is 0 Å². The maximum absolute atomic E-state index is 13.1. The number of methoxy groups -OCH3 is 1. The molecule has 0 aliphatic heterocycles. The van der Waals surface area contributed by atoms with E-state index in [-0.39, 0.29) is 11.3 Å². The van der Waals surface area contributed by atoms with Gasteiger partial charge in [0.05, 0.1) is 12.7 Å². The molecule has 0 aliphatic rings. The minimum Gasteiger partial charge on any atom is -0.465 e. The first-order valence-electron chi connectivity index (χ1n) is 4.28. The summed E-state index contributed by atoms with van der Waals surface area (Å²) >= 11 is 1.96. The summed E-state index contributed by atoms with van der Waals surface area (Å²) in [6.45, 7) is 1.43. The van der Waals surface area contributed by atoms with Gasteiger partial charge in [-0.15, -0.1) is 0 Å². The molecule has 0 radical (unpaired) electrons. The molecule has 1 rings (SSSR count). The van der Waals surface area contributed by atoms with Crippen LogP contribution in [0.1, 0.15) is 29.0 Å². The van der Waals surface area contributed by atoms with Crippen molar-refractivity contribution >= 4 is 34.2 Å².